The molecule has 0 N–H and O–H groups in total. The van der Waals surface area contributed by atoms with Crippen molar-refractivity contribution in [1.82, 2.24) is 4.57 Å². The van der Waals surface area contributed by atoms with Gasteiger partial charge in [0.05, 0.1) is 19.2 Å². The van der Waals surface area contributed by atoms with Crippen LogP contribution in [0.25, 0.3) is 0 Å². The number of benzene rings is 1. The molecule has 6 heteroatoms. The molecular formula is C19H23NO5. The van der Waals surface area contributed by atoms with E-state index in [0.717, 1.165) is 5.56 Å². The molecule has 1 heterocycles. The average Bonchev–Trinajstić information content (AvgIpc) is 2.96. The Morgan fingerprint density at radius 1 is 1.04 bits per heavy atom. The highest BCUT2D eigenvalue weighted by molar-refractivity contribution is 5.72. The van der Waals surface area contributed by atoms with Crippen molar-refractivity contribution in [2.75, 3.05) is 6.61 Å². The summed E-state index contributed by atoms with van der Waals surface area (Å²) in [6, 6.07) is 8.81. The topological polar surface area (TPSA) is 66.8 Å². The van der Waals surface area contributed by atoms with E-state index in [-0.39, 0.29) is 12.4 Å². The highest BCUT2D eigenvalue weighted by Crippen LogP contribution is 2.23. The molecule has 0 radical (unpaired) electrons. The normalized spacial score (nSPS) is 11.0. The first-order valence-corrected chi connectivity index (χ1v) is 8.10. The molecule has 6 nitrogen and oxygen atoms in total. The summed E-state index contributed by atoms with van der Waals surface area (Å²) in [4.78, 5) is 23.4. The van der Waals surface area contributed by atoms with E-state index >= 15 is 0 Å². The second kappa shape index (κ2) is 7.88. The molecule has 0 amide bonds. The molecule has 0 atom stereocenters. The van der Waals surface area contributed by atoms with Crippen molar-refractivity contribution in [2.24, 2.45) is 0 Å². The van der Waals surface area contributed by atoms with Crippen LogP contribution in [-0.4, -0.2) is 28.8 Å². The van der Waals surface area contributed by atoms with Crippen LogP contribution in [0.3, 0.4) is 0 Å². The SMILES string of the molecule is CCOC(=O)Cc1ccc(Oc2ccn(C(=O)OC(C)(C)C)c2)cc1. The first-order valence-electron chi connectivity index (χ1n) is 8.10. The van der Waals surface area contributed by atoms with E-state index in [1.54, 1.807) is 49.6 Å². The zero-order chi connectivity index (χ0) is 18.4. The van der Waals surface area contributed by atoms with Gasteiger partial charge in [-0.2, -0.15) is 0 Å². The molecule has 134 valence electrons. The van der Waals surface area contributed by atoms with Crippen molar-refractivity contribution in [3.8, 4) is 11.5 Å². The van der Waals surface area contributed by atoms with E-state index in [0.29, 0.717) is 18.1 Å². The van der Waals surface area contributed by atoms with Crippen LogP contribution in [-0.2, 0) is 20.7 Å². The Hall–Kier alpha value is -2.76. The van der Waals surface area contributed by atoms with Gasteiger partial charge in [0.15, 0.2) is 0 Å². The summed E-state index contributed by atoms with van der Waals surface area (Å²) in [6.45, 7) is 7.57. The number of carbonyl (C=O) groups excluding carboxylic acids is 2. The van der Waals surface area contributed by atoms with Crippen molar-refractivity contribution >= 4 is 12.1 Å². The van der Waals surface area contributed by atoms with E-state index in [1.165, 1.54) is 4.57 Å². The Kier molecular flexibility index (Phi) is 5.85. The van der Waals surface area contributed by atoms with Crippen molar-refractivity contribution in [2.45, 2.75) is 39.7 Å². The molecule has 1 aromatic carbocycles. The lowest BCUT2D eigenvalue weighted by Crippen LogP contribution is -2.26. The Labute approximate surface area is 147 Å². The van der Waals surface area contributed by atoms with E-state index in [2.05, 4.69) is 0 Å². The molecule has 25 heavy (non-hydrogen) atoms. The highest BCUT2D eigenvalue weighted by atomic mass is 16.6. The van der Waals surface area contributed by atoms with Crippen LogP contribution in [0.5, 0.6) is 11.5 Å². The number of nitrogens with zero attached hydrogens (tertiary/aromatic N) is 1. The van der Waals surface area contributed by atoms with Crippen molar-refractivity contribution in [1.29, 1.82) is 0 Å². The molecule has 0 bridgehead atoms. The molecule has 0 saturated heterocycles. The van der Waals surface area contributed by atoms with Gasteiger partial charge in [0, 0.05) is 6.20 Å². The Balaban J connectivity index is 1.96. The van der Waals surface area contributed by atoms with Gasteiger partial charge in [-0.05, 0) is 51.5 Å². The fourth-order valence-electron chi connectivity index (χ4n) is 2.06. The number of esters is 1. The van der Waals surface area contributed by atoms with Crippen LogP contribution >= 0.6 is 0 Å². The Bertz CT molecular complexity index is 725. The predicted molar refractivity (Wildman–Crippen MR) is 92.9 cm³/mol. The van der Waals surface area contributed by atoms with E-state index in [9.17, 15) is 9.59 Å². The lowest BCUT2D eigenvalue weighted by molar-refractivity contribution is -0.142. The number of ether oxygens (including phenoxy) is 3. The van der Waals surface area contributed by atoms with Crippen LogP contribution in [0, 0.1) is 0 Å². The van der Waals surface area contributed by atoms with Crippen LogP contribution in [0.4, 0.5) is 4.79 Å². The zero-order valence-electron chi connectivity index (χ0n) is 14.9. The zero-order valence-corrected chi connectivity index (χ0v) is 14.9. The van der Waals surface area contributed by atoms with Crippen LogP contribution in [0.15, 0.2) is 42.7 Å². The van der Waals surface area contributed by atoms with Crippen molar-refractivity contribution in [3.05, 3.63) is 48.3 Å². The minimum absolute atomic E-state index is 0.225. The van der Waals surface area contributed by atoms with Crippen LogP contribution in [0.2, 0.25) is 0 Å². The maximum absolute atomic E-state index is 12.0. The molecule has 0 aliphatic rings. The summed E-state index contributed by atoms with van der Waals surface area (Å²) < 4.78 is 17.2. The summed E-state index contributed by atoms with van der Waals surface area (Å²) in [7, 11) is 0. The standard InChI is InChI=1S/C19H23NO5/c1-5-23-17(21)12-14-6-8-15(9-7-14)24-16-10-11-20(13-16)18(22)25-19(2,3)4/h6-11,13H,5,12H2,1-4H3. The number of carbonyl (C=O) groups is 2. The maximum Gasteiger partial charge on any atom is 0.418 e. The summed E-state index contributed by atoms with van der Waals surface area (Å²) in [5.74, 6) is 0.865. The van der Waals surface area contributed by atoms with Crippen molar-refractivity contribution in [3.63, 3.8) is 0 Å². The largest absolute Gasteiger partial charge is 0.466 e. The van der Waals surface area contributed by atoms with Crippen LogP contribution < -0.4 is 4.74 Å². The first kappa shape index (κ1) is 18.6. The van der Waals surface area contributed by atoms with Gasteiger partial charge < -0.3 is 14.2 Å². The molecule has 0 spiro atoms. The molecule has 2 rings (SSSR count). The maximum atomic E-state index is 12.0. The quantitative estimate of drug-likeness (QED) is 0.761. The third-order valence-corrected chi connectivity index (χ3v) is 3.08. The van der Waals surface area contributed by atoms with E-state index < -0.39 is 11.7 Å². The molecule has 1 aromatic heterocycles. The Morgan fingerprint density at radius 3 is 2.32 bits per heavy atom. The third kappa shape index (κ3) is 5.99. The molecule has 2 aromatic rings. The summed E-state index contributed by atoms with van der Waals surface area (Å²) >= 11 is 0. The van der Waals surface area contributed by atoms with Gasteiger partial charge in [0.2, 0.25) is 0 Å². The molecular weight excluding hydrogens is 322 g/mol. The predicted octanol–water partition coefficient (Wildman–Crippen LogP) is 4.17. The summed E-state index contributed by atoms with van der Waals surface area (Å²) in [5, 5.41) is 0. The monoisotopic (exact) mass is 345 g/mol. The molecule has 0 aliphatic carbocycles. The molecule has 0 fully saturated rings. The van der Waals surface area contributed by atoms with E-state index in [4.69, 9.17) is 14.2 Å². The van der Waals surface area contributed by atoms with Gasteiger partial charge in [-0.3, -0.25) is 9.36 Å². The lowest BCUT2D eigenvalue weighted by atomic mass is 10.1. The van der Waals surface area contributed by atoms with E-state index in [1.807, 2.05) is 20.8 Å². The van der Waals surface area contributed by atoms with Gasteiger partial charge in [-0.15, -0.1) is 0 Å². The fraction of sp³-hybridized carbons (Fsp3) is 0.368. The smallest absolute Gasteiger partial charge is 0.418 e. The van der Waals surface area contributed by atoms with Gasteiger partial charge in [-0.25, -0.2) is 4.79 Å². The Morgan fingerprint density at radius 2 is 1.72 bits per heavy atom. The van der Waals surface area contributed by atoms with Gasteiger partial charge in [0.25, 0.3) is 0 Å². The summed E-state index contributed by atoms with van der Waals surface area (Å²) in [5.41, 5.74) is 0.286. The fourth-order valence-corrected chi connectivity index (χ4v) is 2.06. The lowest BCUT2D eigenvalue weighted by Gasteiger charge is -2.19. The van der Waals surface area contributed by atoms with Gasteiger partial charge in [0.1, 0.15) is 17.1 Å². The second-order valence-electron chi connectivity index (χ2n) is 6.46. The summed E-state index contributed by atoms with van der Waals surface area (Å²) in [6.07, 6.45) is 2.90. The second-order valence-corrected chi connectivity index (χ2v) is 6.46. The number of hydrogen-bond donors (Lipinski definition) is 0. The van der Waals surface area contributed by atoms with Gasteiger partial charge >= 0.3 is 12.1 Å². The number of rotatable bonds is 5. The highest BCUT2D eigenvalue weighted by Gasteiger charge is 2.17. The number of aromatic nitrogens is 1. The van der Waals surface area contributed by atoms with Crippen molar-refractivity contribution < 1.29 is 23.8 Å². The number of hydrogen-bond acceptors (Lipinski definition) is 5. The molecule has 0 saturated carbocycles. The minimum atomic E-state index is -0.558. The van der Waals surface area contributed by atoms with Crippen LogP contribution in [0.1, 0.15) is 33.3 Å². The average molecular weight is 345 g/mol. The first-order chi connectivity index (χ1) is 11.8. The third-order valence-electron chi connectivity index (χ3n) is 3.08. The minimum Gasteiger partial charge on any atom is -0.466 e. The molecule has 0 unspecified atom stereocenters. The molecule has 0 aliphatic heterocycles. The van der Waals surface area contributed by atoms with Gasteiger partial charge in [-0.1, -0.05) is 12.1 Å².